The molecular weight excluding hydrogens is 274 g/mol. The first-order valence-corrected chi connectivity index (χ1v) is 7.00. The van der Waals surface area contributed by atoms with Gasteiger partial charge in [0.15, 0.2) is 5.69 Å². The van der Waals surface area contributed by atoms with Crippen molar-refractivity contribution in [2.45, 2.75) is 18.2 Å². The summed E-state index contributed by atoms with van der Waals surface area (Å²) in [6.07, 6.45) is 0.519. The Labute approximate surface area is 111 Å². The molecule has 0 aliphatic heterocycles. The lowest BCUT2D eigenvalue weighted by atomic mass is 10.4. The van der Waals surface area contributed by atoms with Gasteiger partial charge < -0.3 is 9.84 Å². The summed E-state index contributed by atoms with van der Waals surface area (Å²) in [6.45, 7) is 2.13. The van der Waals surface area contributed by atoms with E-state index in [1.807, 2.05) is 0 Å². The highest BCUT2D eigenvalue weighted by Gasteiger charge is 2.31. The number of carboxylic acid groups (broad SMARTS) is 1. The van der Waals surface area contributed by atoms with Gasteiger partial charge in [-0.25, -0.2) is 17.5 Å². The predicted molar refractivity (Wildman–Crippen MR) is 66.6 cm³/mol. The summed E-state index contributed by atoms with van der Waals surface area (Å²) in [5.41, 5.74) is -0.285. The Bertz CT molecular complexity index is 552. The standard InChI is InChI=1S/C10H17N3O5S/c1-7-9(8(10(14)15)12-11-7)19(16,17)13(2)5-4-6-18-3/h4-6H2,1-3H3,(H,11,12)(H,14,15). The minimum absolute atomic E-state index is 0.205. The molecule has 0 spiro atoms. The van der Waals surface area contributed by atoms with Crippen molar-refractivity contribution in [1.29, 1.82) is 0 Å². The van der Waals surface area contributed by atoms with Gasteiger partial charge in [-0.1, -0.05) is 0 Å². The Kier molecular flexibility index (Phi) is 5.04. The third-order valence-electron chi connectivity index (χ3n) is 2.58. The van der Waals surface area contributed by atoms with Gasteiger partial charge in [0.2, 0.25) is 10.0 Å². The highest BCUT2D eigenvalue weighted by atomic mass is 32.2. The monoisotopic (exact) mass is 291 g/mol. The maximum absolute atomic E-state index is 12.3. The number of methoxy groups -OCH3 is 1. The number of ether oxygens (including phenoxy) is 1. The van der Waals surface area contributed by atoms with Gasteiger partial charge >= 0.3 is 5.97 Å². The lowest BCUT2D eigenvalue weighted by Gasteiger charge is -2.16. The van der Waals surface area contributed by atoms with Gasteiger partial charge in [-0.15, -0.1) is 0 Å². The Balaban J connectivity index is 3.06. The number of aryl methyl sites for hydroxylation is 1. The lowest BCUT2D eigenvalue weighted by molar-refractivity contribution is 0.0686. The molecule has 1 aromatic heterocycles. The van der Waals surface area contributed by atoms with E-state index in [1.54, 1.807) is 0 Å². The molecule has 108 valence electrons. The number of aromatic carboxylic acids is 1. The number of hydrogen-bond donors (Lipinski definition) is 2. The summed E-state index contributed by atoms with van der Waals surface area (Å²) < 4.78 is 30.5. The van der Waals surface area contributed by atoms with Crippen LogP contribution in [0.3, 0.4) is 0 Å². The Morgan fingerprint density at radius 2 is 2.16 bits per heavy atom. The summed E-state index contributed by atoms with van der Waals surface area (Å²) in [4.78, 5) is 10.7. The number of aromatic amines is 1. The molecule has 0 atom stereocenters. The molecule has 0 aliphatic rings. The second-order valence-corrected chi connectivity index (χ2v) is 5.99. The molecule has 1 heterocycles. The molecule has 0 saturated carbocycles. The van der Waals surface area contributed by atoms with Crippen LogP contribution in [0.15, 0.2) is 4.90 Å². The molecule has 9 heteroatoms. The first-order valence-electron chi connectivity index (χ1n) is 5.56. The van der Waals surface area contributed by atoms with Crippen LogP contribution in [0, 0.1) is 6.92 Å². The minimum Gasteiger partial charge on any atom is -0.476 e. The zero-order valence-electron chi connectivity index (χ0n) is 11.0. The Morgan fingerprint density at radius 1 is 1.53 bits per heavy atom. The maximum atomic E-state index is 12.3. The quantitative estimate of drug-likeness (QED) is 0.688. The Morgan fingerprint density at radius 3 is 2.68 bits per heavy atom. The SMILES string of the molecule is COCCCN(C)S(=O)(=O)c1c(C(=O)O)n[nH]c1C. The third kappa shape index (κ3) is 3.31. The average molecular weight is 291 g/mol. The van der Waals surface area contributed by atoms with Crippen molar-refractivity contribution in [3.05, 3.63) is 11.4 Å². The van der Waals surface area contributed by atoms with Crippen molar-refractivity contribution < 1.29 is 23.1 Å². The number of nitrogens with zero attached hydrogens (tertiary/aromatic N) is 2. The second kappa shape index (κ2) is 6.13. The summed E-state index contributed by atoms with van der Waals surface area (Å²) in [5, 5.41) is 14.8. The highest BCUT2D eigenvalue weighted by molar-refractivity contribution is 7.89. The molecule has 1 aromatic rings. The van der Waals surface area contributed by atoms with Gasteiger partial charge in [0.1, 0.15) is 4.90 Å². The number of nitrogens with one attached hydrogen (secondary N) is 1. The van der Waals surface area contributed by atoms with Crippen LogP contribution < -0.4 is 0 Å². The number of rotatable bonds is 7. The summed E-state index contributed by atoms with van der Waals surface area (Å²) in [5.74, 6) is -1.38. The van der Waals surface area contributed by atoms with Gasteiger partial charge in [-0.05, 0) is 13.3 Å². The van der Waals surface area contributed by atoms with Gasteiger partial charge in [0.25, 0.3) is 0 Å². The molecule has 8 nitrogen and oxygen atoms in total. The number of hydrogen-bond acceptors (Lipinski definition) is 5. The van der Waals surface area contributed by atoms with E-state index in [4.69, 9.17) is 9.84 Å². The van der Waals surface area contributed by atoms with E-state index >= 15 is 0 Å². The predicted octanol–water partition coefficient (Wildman–Crippen LogP) is 0.0733. The van der Waals surface area contributed by atoms with E-state index in [2.05, 4.69) is 10.2 Å². The van der Waals surface area contributed by atoms with Crippen molar-refractivity contribution in [3.8, 4) is 0 Å². The van der Waals surface area contributed by atoms with Gasteiger partial charge in [-0.3, -0.25) is 5.10 Å². The summed E-state index contributed by atoms with van der Waals surface area (Å²) >= 11 is 0. The highest BCUT2D eigenvalue weighted by Crippen LogP contribution is 2.21. The smallest absolute Gasteiger partial charge is 0.357 e. The second-order valence-electron chi connectivity index (χ2n) is 4.00. The molecular formula is C10H17N3O5S. The minimum atomic E-state index is -3.88. The fourth-order valence-electron chi connectivity index (χ4n) is 1.59. The Hall–Kier alpha value is -1.45. The van der Waals surface area contributed by atoms with Crippen LogP contribution >= 0.6 is 0 Å². The van der Waals surface area contributed by atoms with E-state index in [9.17, 15) is 13.2 Å². The maximum Gasteiger partial charge on any atom is 0.357 e. The molecule has 19 heavy (non-hydrogen) atoms. The van der Waals surface area contributed by atoms with Crippen molar-refractivity contribution in [3.63, 3.8) is 0 Å². The molecule has 0 aliphatic carbocycles. The number of H-pyrrole nitrogens is 1. The first kappa shape index (κ1) is 15.6. The largest absolute Gasteiger partial charge is 0.476 e. The number of carboxylic acids is 1. The molecule has 0 unspecified atom stereocenters. The van der Waals surface area contributed by atoms with Gasteiger partial charge in [0.05, 0.1) is 5.69 Å². The molecule has 0 amide bonds. The van der Waals surface area contributed by atoms with Crippen molar-refractivity contribution >= 4 is 16.0 Å². The summed E-state index contributed by atoms with van der Waals surface area (Å²) in [7, 11) is -0.962. The number of carbonyl (C=O) groups is 1. The van der Waals surface area contributed by atoms with Crippen LogP contribution in [-0.4, -0.2) is 61.3 Å². The number of aromatic nitrogens is 2. The molecule has 2 N–H and O–H groups in total. The van der Waals surface area contributed by atoms with Crippen LogP contribution in [0.25, 0.3) is 0 Å². The van der Waals surface area contributed by atoms with Crippen LogP contribution in [0.1, 0.15) is 22.6 Å². The van der Waals surface area contributed by atoms with Crippen LogP contribution in [0.5, 0.6) is 0 Å². The van der Waals surface area contributed by atoms with Gasteiger partial charge in [0, 0.05) is 27.3 Å². The van der Waals surface area contributed by atoms with E-state index in [0.717, 1.165) is 4.31 Å². The van der Waals surface area contributed by atoms with Crippen LogP contribution in [-0.2, 0) is 14.8 Å². The molecule has 0 aromatic carbocycles. The normalized spacial score (nSPS) is 12.0. The van der Waals surface area contributed by atoms with Crippen molar-refractivity contribution in [2.75, 3.05) is 27.3 Å². The van der Waals surface area contributed by atoms with Gasteiger partial charge in [-0.2, -0.15) is 5.10 Å². The molecule has 0 bridgehead atoms. The molecule has 0 radical (unpaired) electrons. The topological polar surface area (TPSA) is 113 Å². The van der Waals surface area contributed by atoms with E-state index < -0.39 is 21.7 Å². The molecule has 1 rings (SSSR count). The third-order valence-corrected chi connectivity index (χ3v) is 4.60. The van der Waals surface area contributed by atoms with Crippen LogP contribution in [0.2, 0.25) is 0 Å². The fourth-order valence-corrected chi connectivity index (χ4v) is 3.08. The lowest BCUT2D eigenvalue weighted by Crippen LogP contribution is -2.30. The van der Waals surface area contributed by atoms with E-state index in [-0.39, 0.29) is 17.1 Å². The molecule has 0 fully saturated rings. The average Bonchev–Trinajstić information content (AvgIpc) is 2.72. The number of sulfonamides is 1. The molecule has 0 saturated heterocycles. The van der Waals surface area contributed by atoms with E-state index in [0.29, 0.717) is 13.0 Å². The fraction of sp³-hybridized carbons (Fsp3) is 0.600. The first-order chi connectivity index (χ1) is 8.82. The van der Waals surface area contributed by atoms with Crippen LogP contribution in [0.4, 0.5) is 0 Å². The van der Waals surface area contributed by atoms with Crippen molar-refractivity contribution in [2.24, 2.45) is 0 Å². The zero-order chi connectivity index (χ0) is 14.6. The van der Waals surface area contributed by atoms with E-state index in [1.165, 1.54) is 21.1 Å². The zero-order valence-corrected chi connectivity index (χ0v) is 11.8. The summed E-state index contributed by atoms with van der Waals surface area (Å²) in [6, 6.07) is 0. The van der Waals surface area contributed by atoms with Crippen molar-refractivity contribution in [1.82, 2.24) is 14.5 Å².